The summed E-state index contributed by atoms with van der Waals surface area (Å²) in [4.78, 5) is 13.4. The summed E-state index contributed by atoms with van der Waals surface area (Å²) in [5.74, 6) is 0.905. The second-order valence-electron chi connectivity index (χ2n) is 8.88. The smallest absolute Gasteiger partial charge is 0.242 e. The van der Waals surface area contributed by atoms with Gasteiger partial charge in [0, 0.05) is 26.1 Å². The zero-order valence-electron chi connectivity index (χ0n) is 18.9. The molecule has 0 spiro atoms. The van der Waals surface area contributed by atoms with Gasteiger partial charge in [-0.1, -0.05) is 24.3 Å². The molecule has 5 rings (SSSR count). The van der Waals surface area contributed by atoms with E-state index in [9.17, 15) is 17.6 Å². The van der Waals surface area contributed by atoms with Crippen molar-refractivity contribution in [2.45, 2.75) is 29.6 Å². The summed E-state index contributed by atoms with van der Waals surface area (Å²) in [6, 6.07) is 16.3. The Balaban J connectivity index is 1.42. The quantitative estimate of drug-likeness (QED) is 0.503. The van der Waals surface area contributed by atoms with Crippen LogP contribution in [-0.4, -0.2) is 39.4 Å². The summed E-state index contributed by atoms with van der Waals surface area (Å²) >= 11 is 0. The van der Waals surface area contributed by atoms with Gasteiger partial charge in [0.05, 0.1) is 10.3 Å². The molecule has 6 nitrogen and oxygen atoms in total. The maximum Gasteiger partial charge on any atom is 0.242 e. The molecule has 2 aliphatic rings. The van der Waals surface area contributed by atoms with E-state index in [1.165, 1.54) is 32.3 Å². The number of fused-ring (bicyclic) bond motifs is 1. The molecule has 1 aliphatic heterocycles. The SMILES string of the molecule is CN(C)S(=O)(=O)c1cccc(-c2cc(CC(=O)C3(c4ccc5c(c4)OCO5)CC3)ccc2F)c1. The molecule has 8 heteroatoms. The number of carbonyl (C=O) groups is 1. The molecule has 176 valence electrons. The molecular formula is C26H24FNO5S. The van der Waals surface area contributed by atoms with Crippen LogP contribution in [0.1, 0.15) is 24.0 Å². The van der Waals surface area contributed by atoms with Crippen LogP contribution in [0.3, 0.4) is 0 Å². The number of halogens is 1. The zero-order valence-corrected chi connectivity index (χ0v) is 19.7. The molecular weight excluding hydrogens is 457 g/mol. The molecule has 3 aromatic carbocycles. The minimum Gasteiger partial charge on any atom is -0.454 e. The van der Waals surface area contributed by atoms with Crippen LogP contribution in [0.5, 0.6) is 11.5 Å². The minimum atomic E-state index is -3.66. The second kappa shape index (κ2) is 8.21. The van der Waals surface area contributed by atoms with Crippen molar-refractivity contribution >= 4 is 15.8 Å². The van der Waals surface area contributed by atoms with Crippen molar-refractivity contribution in [3.8, 4) is 22.6 Å². The van der Waals surface area contributed by atoms with Crippen molar-refractivity contribution in [2.24, 2.45) is 0 Å². The first-order chi connectivity index (χ1) is 16.2. The molecule has 0 radical (unpaired) electrons. The highest BCUT2D eigenvalue weighted by molar-refractivity contribution is 7.89. The monoisotopic (exact) mass is 481 g/mol. The highest BCUT2D eigenvalue weighted by atomic mass is 32.2. The van der Waals surface area contributed by atoms with E-state index in [-0.39, 0.29) is 29.5 Å². The number of Topliss-reactive ketones (excluding diaryl/α,β-unsaturated/α-hetero) is 1. The maximum atomic E-state index is 14.7. The molecule has 0 bridgehead atoms. The van der Waals surface area contributed by atoms with Crippen molar-refractivity contribution in [3.05, 3.63) is 77.6 Å². The Morgan fingerprint density at radius 3 is 2.50 bits per heavy atom. The van der Waals surface area contributed by atoms with Gasteiger partial charge in [-0.05, 0) is 65.9 Å². The van der Waals surface area contributed by atoms with E-state index < -0.39 is 21.3 Å². The fraction of sp³-hybridized carbons (Fsp3) is 0.269. The van der Waals surface area contributed by atoms with E-state index in [4.69, 9.17) is 9.47 Å². The van der Waals surface area contributed by atoms with Crippen molar-refractivity contribution in [3.63, 3.8) is 0 Å². The number of hydrogen-bond acceptors (Lipinski definition) is 5. The molecule has 34 heavy (non-hydrogen) atoms. The van der Waals surface area contributed by atoms with Crippen LogP contribution in [0.4, 0.5) is 4.39 Å². The van der Waals surface area contributed by atoms with Gasteiger partial charge in [0.15, 0.2) is 11.5 Å². The number of ether oxygens (including phenoxy) is 2. The third kappa shape index (κ3) is 3.86. The first-order valence-electron chi connectivity index (χ1n) is 11.0. The van der Waals surface area contributed by atoms with Crippen LogP contribution in [0, 0.1) is 5.82 Å². The summed E-state index contributed by atoms with van der Waals surface area (Å²) in [6.45, 7) is 0.176. The summed E-state index contributed by atoms with van der Waals surface area (Å²) in [7, 11) is -0.764. The number of nitrogens with zero attached hydrogens (tertiary/aromatic N) is 1. The van der Waals surface area contributed by atoms with Gasteiger partial charge in [0.25, 0.3) is 0 Å². The largest absolute Gasteiger partial charge is 0.454 e. The van der Waals surface area contributed by atoms with Crippen LogP contribution in [0.15, 0.2) is 65.6 Å². The van der Waals surface area contributed by atoms with Gasteiger partial charge in [0.1, 0.15) is 11.6 Å². The number of sulfonamides is 1. The van der Waals surface area contributed by atoms with Gasteiger partial charge >= 0.3 is 0 Å². The standard InChI is InChI=1S/C26H24FNO5S/c1-28(2)34(30,31)20-5-3-4-18(14-20)21-12-17(6-8-22(21)27)13-25(29)26(10-11-26)19-7-9-23-24(15-19)33-16-32-23/h3-9,12,14-15H,10-11,13,16H2,1-2H3. The van der Waals surface area contributed by atoms with Crippen LogP contribution in [-0.2, 0) is 26.7 Å². The topological polar surface area (TPSA) is 72.9 Å². The summed E-state index contributed by atoms with van der Waals surface area (Å²) in [5, 5.41) is 0. The lowest BCUT2D eigenvalue weighted by atomic mass is 9.87. The lowest BCUT2D eigenvalue weighted by Crippen LogP contribution is -2.22. The lowest BCUT2D eigenvalue weighted by Gasteiger charge is -2.16. The normalized spacial score (nSPS) is 16.0. The van der Waals surface area contributed by atoms with E-state index in [0.29, 0.717) is 22.6 Å². The van der Waals surface area contributed by atoms with Crippen LogP contribution in [0.2, 0.25) is 0 Å². The number of ketones is 1. The van der Waals surface area contributed by atoms with Crippen molar-refractivity contribution in [1.82, 2.24) is 4.31 Å². The highest BCUT2D eigenvalue weighted by Crippen LogP contribution is 2.51. The number of hydrogen-bond donors (Lipinski definition) is 0. The van der Waals surface area contributed by atoms with Gasteiger partial charge in [0.2, 0.25) is 16.8 Å². The van der Waals surface area contributed by atoms with E-state index in [2.05, 4.69) is 0 Å². The Kier molecular flexibility index (Phi) is 5.45. The molecule has 3 aromatic rings. The average molecular weight is 482 g/mol. The fourth-order valence-corrected chi connectivity index (χ4v) is 5.29. The van der Waals surface area contributed by atoms with Gasteiger partial charge in [-0.15, -0.1) is 0 Å². The molecule has 1 aliphatic carbocycles. The first kappa shape index (κ1) is 22.6. The molecule has 0 saturated heterocycles. The number of rotatable bonds is 7. The summed E-state index contributed by atoms with van der Waals surface area (Å²) < 4.78 is 51.7. The number of carbonyl (C=O) groups excluding carboxylic acids is 1. The molecule has 0 unspecified atom stereocenters. The fourth-order valence-electron chi connectivity index (χ4n) is 4.34. The van der Waals surface area contributed by atoms with E-state index >= 15 is 0 Å². The number of benzene rings is 3. The van der Waals surface area contributed by atoms with Gasteiger partial charge in [-0.25, -0.2) is 17.1 Å². The predicted octanol–water partition coefficient (Wildman–Crippen LogP) is 4.32. The molecule has 1 heterocycles. The van der Waals surface area contributed by atoms with Crippen molar-refractivity contribution in [2.75, 3.05) is 20.9 Å². The second-order valence-corrected chi connectivity index (χ2v) is 11.0. The highest BCUT2D eigenvalue weighted by Gasteiger charge is 2.50. The summed E-state index contributed by atoms with van der Waals surface area (Å²) in [5.41, 5.74) is 1.72. The molecule has 0 amide bonds. The Morgan fingerprint density at radius 1 is 1.00 bits per heavy atom. The van der Waals surface area contributed by atoms with Crippen LogP contribution >= 0.6 is 0 Å². The third-order valence-corrected chi connectivity index (χ3v) is 8.34. The van der Waals surface area contributed by atoms with Gasteiger partial charge in [-0.3, -0.25) is 4.79 Å². The predicted molar refractivity (Wildman–Crippen MR) is 125 cm³/mol. The Morgan fingerprint density at radius 2 is 1.76 bits per heavy atom. The molecule has 1 saturated carbocycles. The molecule has 0 atom stereocenters. The third-order valence-electron chi connectivity index (χ3n) is 6.53. The molecule has 0 N–H and O–H groups in total. The van der Waals surface area contributed by atoms with E-state index in [0.717, 1.165) is 22.7 Å². The lowest BCUT2D eigenvalue weighted by molar-refractivity contribution is -0.120. The van der Waals surface area contributed by atoms with Gasteiger partial charge in [-0.2, -0.15) is 0 Å². The summed E-state index contributed by atoms with van der Waals surface area (Å²) in [6.07, 6.45) is 1.66. The minimum absolute atomic E-state index is 0.0628. The Labute approximate surface area is 198 Å². The van der Waals surface area contributed by atoms with Gasteiger partial charge < -0.3 is 9.47 Å². The van der Waals surface area contributed by atoms with Crippen molar-refractivity contribution in [1.29, 1.82) is 0 Å². The Bertz CT molecular complexity index is 1400. The van der Waals surface area contributed by atoms with E-state index in [1.54, 1.807) is 24.3 Å². The van der Waals surface area contributed by atoms with Crippen molar-refractivity contribution < 1.29 is 27.1 Å². The van der Waals surface area contributed by atoms with Crippen LogP contribution < -0.4 is 9.47 Å². The first-order valence-corrected chi connectivity index (χ1v) is 12.4. The van der Waals surface area contributed by atoms with E-state index in [1.807, 2.05) is 18.2 Å². The average Bonchev–Trinajstić information content (AvgIpc) is 3.51. The Hall–Kier alpha value is -3.23. The zero-order chi connectivity index (χ0) is 24.1. The molecule has 1 fully saturated rings. The molecule has 0 aromatic heterocycles. The van der Waals surface area contributed by atoms with Crippen LogP contribution in [0.25, 0.3) is 11.1 Å². The maximum absolute atomic E-state index is 14.7.